The fourth-order valence-corrected chi connectivity index (χ4v) is 2.63. The molecule has 2 N–H and O–H groups in total. The first-order chi connectivity index (χ1) is 12.1. The molecule has 2 aromatic heterocycles. The van der Waals surface area contributed by atoms with Crippen molar-refractivity contribution in [2.24, 2.45) is 0 Å². The van der Waals surface area contributed by atoms with Crippen LogP contribution in [0.25, 0.3) is 17.1 Å². The first-order valence-electron chi connectivity index (χ1n) is 8.01. The Morgan fingerprint density at radius 3 is 2.64 bits per heavy atom. The number of nitrogens with zero attached hydrogens (tertiary/aromatic N) is 2. The Labute approximate surface area is 146 Å². The number of fused-ring (bicyclic) bond motifs is 1. The van der Waals surface area contributed by atoms with E-state index >= 15 is 0 Å². The molecule has 5 heteroatoms. The molecule has 1 amide bonds. The van der Waals surface area contributed by atoms with Gasteiger partial charge in [-0.15, -0.1) is 0 Å². The van der Waals surface area contributed by atoms with E-state index < -0.39 is 0 Å². The van der Waals surface area contributed by atoms with Gasteiger partial charge < -0.3 is 10.4 Å². The molecule has 1 aromatic carbocycles. The third-order valence-corrected chi connectivity index (χ3v) is 3.88. The van der Waals surface area contributed by atoms with Crippen molar-refractivity contribution in [3.8, 4) is 0 Å². The van der Waals surface area contributed by atoms with Crippen molar-refractivity contribution in [3.63, 3.8) is 0 Å². The van der Waals surface area contributed by atoms with Crippen LogP contribution in [-0.4, -0.2) is 21.0 Å². The highest BCUT2D eigenvalue weighted by atomic mass is 16.3. The molecule has 0 aliphatic carbocycles. The average Bonchev–Trinajstić information content (AvgIpc) is 2.61. The van der Waals surface area contributed by atoms with Crippen LogP contribution < -0.4 is 5.32 Å². The maximum atomic E-state index is 12.5. The molecule has 0 spiro atoms. The van der Waals surface area contributed by atoms with Gasteiger partial charge in [0.15, 0.2) is 0 Å². The highest BCUT2D eigenvalue weighted by molar-refractivity contribution is 6.05. The summed E-state index contributed by atoms with van der Waals surface area (Å²) in [5, 5.41) is 12.0. The summed E-state index contributed by atoms with van der Waals surface area (Å²) in [5.74, 6) is -0.183. The van der Waals surface area contributed by atoms with E-state index in [0.717, 1.165) is 11.1 Å². The second kappa shape index (κ2) is 7.23. The molecule has 0 saturated carbocycles. The summed E-state index contributed by atoms with van der Waals surface area (Å²) >= 11 is 0. The van der Waals surface area contributed by atoms with Gasteiger partial charge in [-0.1, -0.05) is 24.3 Å². The molecule has 2 heterocycles. The lowest BCUT2D eigenvalue weighted by molar-refractivity contribution is 0.102. The van der Waals surface area contributed by atoms with Gasteiger partial charge in [0.25, 0.3) is 5.91 Å². The lowest BCUT2D eigenvalue weighted by atomic mass is 10.0. The van der Waals surface area contributed by atoms with Crippen LogP contribution in [-0.2, 0) is 6.61 Å². The summed E-state index contributed by atoms with van der Waals surface area (Å²) in [7, 11) is 0. The lowest BCUT2D eigenvalue weighted by Gasteiger charge is -2.09. The minimum absolute atomic E-state index is 0.0778. The van der Waals surface area contributed by atoms with Crippen LogP contribution in [0.4, 0.5) is 5.69 Å². The van der Waals surface area contributed by atoms with E-state index in [1.165, 1.54) is 0 Å². The van der Waals surface area contributed by atoms with Crippen LogP contribution in [0, 0.1) is 6.92 Å². The van der Waals surface area contributed by atoms with E-state index in [9.17, 15) is 4.79 Å². The smallest absolute Gasteiger partial charge is 0.255 e. The summed E-state index contributed by atoms with van der Waals surface area (Å²) in [6.45, 7) is 3.80. The van der Waals surface area contributed by atoms with E-state index in [1.54, 1.807) is 24.5 Å². The van der Waals surface area contributed by atoms with Gasteiger partial charge in [0.05, 0.1) is 29.5 Å². The molecule has 25 heavy (non-hydrogen) atoms. The number of nitrogens with one attached hydrogen (secondary N) is 1. The summed E-state index contributed by atoms with van der Waals surface area (Å²) < 4.78 is 0. The predicted octanol–water partition coefficient (Wildman–Crippen LogP) is 3.72. The first-order valence-corrected chi connectivity index (χ1v) is 8.01. The zero-order chi connectivity index (χ0) is 17.8. The Kier molecular flexibility index (Phi) is 4.86. The van der Waals surface area contributed by atoms with Gasteiger partial charge in [-0.05, 0) is 48.7 Å². The third-order valence-electron chi connectivity index (χ3n) is 3.88. The van der Waals surface area contributed by atoms with Gasteiger partial charge in [-0.2, -0.15) is 0 Å². The SMILES string of the molecule is C/C=C/c1ccc(C(=O)Nc2cnc3cc(CO)cnc3c2)c(C)c1. The molecule has 3 aromatic rings. The number of hydrogen-bond acceptors (Lipinski definition) is 4. The molecule has 5 nitrogen and oxygen atoms in total. The summed E-state index contributed by atoms with van der Waals surface area (Å²) in [4.78, 5) is 21.1. The molecule has 0 unspecified atom stereocenters. The van der Waals surface area contributed by atoms with Crippen LogP contribution in [0.5, 0.6) is 0 Å². The summed E-state index contributed by atoms with van der Waals surface area (Å²) in [6, 6.07) is 9.26. The van der Waals surface area contributed by atoms with Crippen molar-refractivity contribution in [1.29, 1.82) is 0 Å². The van der Waals surface area contributed by atoms with E-state index in [0.29, 0.717) is 27.8 Å². The Hall–Kier alpha value is -3.05. The molecule has 0 saturated heterocycles. The number of hydrogen-bond donors (Lipinski definition) is 2. The van der Waals surface area contributed by atoms with Crippen LogP contribution in [0.1, 0.15) is 34.0 Å². The molecule has 0 radical (unpaired) electrons. The number of anilines is 1. The fraction of sp³-hybridized carbons (Fsp3) is 0.150. The fourth-order valence-electron chi connectivity index (χ4n) is 2.63. The second-order valence-corrected chi connectivity index (χ2v) is 5.79. The number of pyridine rings is 2. The van der Waals surface area contributed by atoms with Gasteiger partial charge >= 0.3 is 0 Å². The number of amides is 1. The van der Waals surface area contributed by atoms with Crippen LogP contribution in [0.3, 0.4) is 0 Å². The summed E-state index contributed by atoms with van der Waals surface area (Å²) in [6.07, 6.45) is 7.14. The van der Waals surface area contributed by atoms with Crippen LogP contribution in [0.15, 0.2) is 48.8 Å². The molecule has 126 valence electrons. The van der Waals surface area contributed by atoms with Crippen LogP contribution >= 0.6 is 0 Å². The minimum Gasteiger partial charge on any atom is -0.392 e. The monoisotopic (exact) mass is 333 g/mol. The second-order valence-electron chi connectivity index (χ2n) is 5.79. The Balaban J connectivity index is 1.84. The largest absolute Gasteiger partial charge is 0.392 e. The quantitative estimate of drug-likeness (QED) is 0.763. The first kappa shape index (κ1) is 16.8. The number of aryl methyl sites for hydroxylation is 1. The van der Waals surface area contributed by atoms with E-state index in [-0.39, 0.29) is 12.5 Å². The van der Waals surface area contributed by atoms with E-state index in [2.05, 4.69) is 15.3 Å². The number of benzene rings is 1. The van der Waals surface area contributed by atoms with Crippen molar-refractivity contribution < 1.29 is 9.90 Å². The molecular formula is C20H19N3O2. The predicted molar refractivity (Wildman–Crippen MR) is 99.3 cm³/mol. The van der Waals surface area contributed by atoms with Crippen molar-refractivity contribution in [1.82, 2.24) is 9.97 Å². The third kappa shape index (κ3) is 3.72. The minimum atomic E-state index is -0.183. The Morgan fingerprint density at radius 1 is 1.16 bits per heavy atom. The van der Waals surface area contributed by atoms with Crippen LogP contribution in [0.2, 0.25) is 0 Å². The lowest BCUT2D eigenvalue weighted by Crippen LogP contribution is -2.13. The van der Waals surface area contributed by atoms with E-state index in [1.807, 2.05) is 44.2 Å². The van der Waals surface area contributed by atoms with Gasteiger partial charge in [0.2, 0.25) is 0 Å². The topological polar surface area (TPSA) is 75.1 Å². The number of carbonyl (C=O) groups excluding carboxylic acids is 1. The van der Waals surface area contributed by atoms with Crippen molar-refractivity contribution >= 4 is 28.7 Å². The number of allylic oxidation sites excluding steroid dienone is 1. The Bertz CT molecular complexity index is 964. The van der Waals surface area contributed by atoms with E-state index in [4.69, 9.17) is 5.11 Å². The number of aliphatic hydroxyl groups is 1. The maximum absolute atomic E-state index is 12.5. The average molecular weight is 333 g/mol. The highest BCUT2D eigenvalue weighted by Crippen LogP contribution is 2.18. The zero-order valence-corrected chi connectivity index (χ0v) is 14.2. The molecule has 0 bridgehead atoms. The molecule has 0 atom stereocenters. The van der Waals surface area contributed by atoms with Gasteiger partial charge in [0.1, 0.15) is 0 Å². The number of aromatic nitrogens is 2. The molecular weight excluding hydrogens is 314 g/mol. The molecule has 0 aliphatic heterocycles. The normalized spacial score (nSPS) is 11.2. The molecule has 0 fully saturated rings. The zero-order valence-electron chi connectivity index (χ0n) is 14.2. The van der Waals surface area contributed by atoms with Gasteiger partial charge in [-0.25, -0.2) is 0 Å². The highest BCUT2D eigenvalue weighted by Gasteiger charge is 2.10. The van der Waals surface area contributed by atoms with Gasteiger partial charge in [0, 0.05) is 11.8 Å². The van der Waals surface area contributed by atoms with Crippen molar-refractivity contribution in [2.45, 2.75) is 20.5 Å². The molecule has 3 rings (SSSR count). The number of carbonyl (C=O) groups is 1. The number of aliphatic hydroxyl groups excluding tert-OH is 1. The Morgan fingerprint density at radius 2 is 1.92 bits per heavy atom. The number of rotatable bonds is 4. The van der Waals surface area contributed by atoms with Gasteiger partial charge in [-0.3, -0.25) is 14.8 Å². The standard InChI is InChI=1S/C20H19N3O2/c1-3-4-14-5-6-17(13(2)7-14)20(25)23-16-9-19-18(22-11-16)8-15(12-24)10-21-19/h3-11,24H,12H2,1-2H3,(H,23,25)/b4-3+. The maximum Gasteiger partial charge on any atom is 0.255 e. The molecule has 0 aliphatic rings. The van der Waals surface area contributed by atoms with Crippen molar-refractivity contribution in [3.05, 3.63) is 71.1 Å². The van der Waals surface area contributed by atoms with Crippen molar-refractivity contribution in [2.75, 3.05) is 5.32 Å². The summed E-state index contributed by atoms with van der Waals surface area (Å²) in [5.41, 5.74) is 5.22.